The fourth-order valence-corrected chi connectivity index (χ4v) is 2.83. The van der Waals surface area contributed by atoms with E-state index in [0.717, 1.165) is 22.5 Å². The van der Waals surface area contributed by atoms with E-state index in [1.165, 1.54) is 0 Å². The highest BCUT2D eigenvalue weighted by atomic mass is 35.5. The molecule has 19 heavy (non-hydrogen) atoms. The van der Waals surface area contributed by atoms with Crippen LogP contribution in [0.3, 0.4) is 0 Å². The van der Waals surface area contributed by atoms with Gasteiger partial charge in [0.2, 0.25) is 0 Å². The monoisotopic (exact) mass is 273 g/mol. The van der Waals surface area contributed by atoms with Crippen molar-refractivity contribution in [2.45, 2.75) is 6.42 Å². The van der Waals surface area contributed by atoms with Gasteiger partial charge in [0.25, 0.3) is 0 Å². The quantitative estimate of drug-likeness (QED) is 0.853. The molecule has 1 aromatic rings. The van der Waals surface area contributed by atoms with Crippen molar-refractivity contribution in [3.63, 3.8) is 0 Å². The molecule has 0 amide bonds. The molecule has 1 N–H and O–H groups in total. The predicted molar refractivity (Wildman–Crippen MR) is 76.0 cm³/mol. The molecule has 0 aromatic heterocycles. The number of rotatable bonds is 1. The second kappa shape index (κ2) is 4.28. The average molecular weight is 274 g/mol. The van der Waals surface area contributed by atoms with Crippen molar-refractivity contribution >= 4 is 28.8 Å². The van der Waals surface area contributed by atoms with Crippen LogP contribution in [0.4, 0.5) is 5.69 Å². The van der Waals surface area contributed by atoms with Crippen LogP contribution in [0.2, 0.25) is 0 Å². The van der Waals surface area contributed by atoms with E-state index in [1.54, 1.807) is 0 Å². The molecule has 0 radical (unpaired) electrons. The van der Waals surface area contributed by atoms with Crippen LogP contribution in [-0.2, 0) is 4.79 Å². The number of carboxylic acid groups (broad SMARTS) is 1. The molecule has 1 heterocycles. The maximum absolute atomic E-state index is 11.6. The number of allylic oxidation sites excluding steroid dienone is 4. The topological polar surface area (TPSA) is 40.5 Å². The van der Waals surface area contributed by atoms with Gasteiger partial charge in [0.05, 0.1) is 5.57 Å². The molecule has 3 nitrogen and oxygen atoms in total. The third kappa shape index (κ3) is 1.78. The average Bonchev–Trinajstić information content (AvgIpc) is 2.38. The van der Waals surface area contributed by atoms with E-state index < -0.39 is 5.97 Å². The summed E-state index contributed by atoms with van der Waals surface area (Å²) < 4.78 is 0. The minimum atomic E-state index is -0.909. The number of likely N-dealkylation sites (N-methyl/N-ethyl adjacent to an activating group) is 1. The predicted octanol–water partition coefficient (Wildman–Crippen LogP) is 3.38. The molecule has 0 bridgehead atoms. The molecular formula is C15H12ClNO2. The zero-order valence-corrected chi connectivity index (χ0v) is 11.1. The lowest BCUT2D eigenvalue weighted by atomic mass is 9.87. The SMILES string of the molecule is CN1C2=CC=C(Cl)CC2=C(C(=O)O)c2ccccc21. The molecule has 3 rings (SSSR count). The first-order valence-corrected chi connectivity index (χ1v) is 6.33. The maximum atomic E-state index is 11.6. The lowest BCUT2D eigenvalue weighted by molar-refractivity contribution is -0.130. The van der Waals surface area contributed by atoms with E-state index in [0.29, 0.717) is 17.0 Å². The van der Waals surface area contributed by atoms with Gasteiger partial charge in [0.15, 0.2) is 0 Å². The van der Waals surface area contributed by atoms with Gasteiger partial charge in [-0.2, -0.15) is 0 Å². The molecular weight excluding hydrogens is 262 g/mol. The van der Waals surface area contributed by atoms with E-state index in [1.807, 2.05) is 48.4 Å². The van der Waals surface area contributed by atoms with Crippen molar-refractivity contribution < 1.29 is 9.90 Å². The van der Waals surface area contributed by atoms with Crippen molar-refractivity contribution in [1.82, 2.24) is 0 Å². The van der Waals surface area contributed by atoms with Gasteiger partial charge in [-0.25, -0.2) is 4.79 Å². The van der Waals surface area contributed by atoms with Crippen LogP contribution in [0.5, 0.6) is 0 Å². The summed E-state index contributed by atoms with van der Waals surface area (Å²) in [5, 5.41) is 10.2. The fraction of sp³-hybridized carbons (Fsp3) is 0.133. The van der Waals surface area contributed by atoms with Crippen LogP contribution < -0.4 is 4.90 Å². The number of benzene rings is 1. The van der Waals surface area contributed by atoms with E-state index >= 15 is 0 Å². The zero-order valence-electron chi connectivity index (χ0n) is 10.4. The first-order valence-electron chi connectivity index (χ1n) is 5.96. The molecule has 4 heteroatoms. The van der Waals surface area contributed by atoms with Gasteiger partial charge < -0.3 is 10.0 Å². The van der Waals surface area contributed by atoms with Gasteiger partial charge in [-0.3, -0.25) is 0 Å². The number of halogens is 1. The van der Waals surface area contributed by atoms with Crippen molar-refractivity contribution in [3.05, 3.63) is 58.3 Å². The largest absolute Gasteiger partial charge is 0.478 e. The molecule has 0 fully saturated rings. The third-order valence-corrected chi connectivity index (χ3v) is 3.75. The van der Waals surface area contributed by atoms with Gasteiger partial charge in [-0.1, -0.05) is 29.8 Å². The molecule has 2 aliphatic rings. The second-order valence-corrected chi connectivity index (χ2v) is 5.06. The number of carboxylic acids is 1. The van der Waals surface area contributed by atoms with E-state index in [-0.39, 0.29) is 0 Å². The minimum absolute atomic E-state index is 0.353. The summed E-state index contributed by atoms with van der Waals surface area (Å²) in [6.07, 6.45) is 4.16. The Morgan fingerprint density at radius 2 is 2.05 bits per heavy atom. The summed E-state index contributed by atoms with van der Waals surface area (Å²) in [6.45, 7) is 0. The summed E-state index contributed by atoms with van der Waals surface area (Å²) in [5.74, 6) is -0.909. The lowest BCUT2D eigenvalue weighted by Gasteiger charge is -2.34. The Balaban J connectivity index is 2.33. The zero-order chi connectivity index (χ0) is 13.6. The molecule has 0 spiro atoms. The first kappa shape index (κ1) is 12.1. The number of nitrogens with zero attached hydrogens (tertiary/aromatic N) is 1. The lowest BCUT2D eigenvalue weighted by Crippen LogP contribution is -2.26. The van der Waals surface area contributed by atoms with Crippen molar-refractivity contribution in [1.29, 1.82) is 0 Å². The Morgan fingerprint density at radius 1 is 1.32 bits per heavy atom. The molecule has 1 aliphatic heterocycles. The molecule has 0 unspecified atom stereocenters. The van der Waals surface area contributed by atoms with Crippen LogP contribution in [0.1, 0.15) is 12.0 Å². The van der Waals surface area contributed by atoms with Gasteiger partial charge in [0, 0.05) is 35.4 Å². The Morgan fingerprint density at radius 3 is 2.79 bits per heavy atom. The number of anilines is 1. The van der Waals surface area contributed by atoms with Crippen LogP contribution in [0.25, 0.3) is 5.57 Å². The number of para-hydroxylation sites is 1. The van der Waals surface area contributed by atoms with Gasteiger partial charge >= 0.3 is 5.97 Å². The summed E-state index contributed by atoms with van der Waals surface area (Å²) in [4.78, 5) is 13.6. The Bertz CT molecular complexity index is 670. The summed E-state index contributed by atoms with van der Waals surface area (Å²) in [6, 6.07) is 7.53. The number of hydrogen-bond donors (Lipinski definition) is 1. The van der Waals surface area contributed by atoms with E-state index in [4.69, 9.17) is 11.6 Å². The number of hydrogen-bond acceptors (Lipinski definition) is 2. The van der Waals surface area contributed by atoms with E-state index in [2.05, 4.69) is 0 Å². The second-order valence-electron chi connectivity index (χ2n) is 4.58. The number of fused-ring (bicyclic) bond motifs is 2. The van der Waals surface area contributed by atoms with Gasteiger partial charge in [-0.15, -0.1) is 0 Å². The molecule has 1 aromatic carbocycles. The Labute approximate surface area is 116 Å². The fourth-order valence-electron chi connectivity index (χ4n) is 2.63. The number of aliphatic carboxylic acids is 1. The molecule has 96 valence electrons. The van der Waals surface area contributed by atoms with Gasteiger partial charge in [0.1, 0.15) is 0 Å². The summed E-state index contributed by atoms with van der Waals surface area (Å²) >= 11 is 6.05. The van der Waals surface area contributed by atoms with Crippen LogP contribution in [0.15, 0.2) is 52.7 Å². The van der Waals surface area contributed by atoms with Crippen LogP contribution in [0, 0.1) is 0 Å². The highest BCUT2D eigenvalue weighted by Crippen LogP contribution is 2.43. The molecule has 1 aliphatic carbocycles. The normalized spacial score (nSPS) is 17.5. The third-order valence-electron chi connectivity index (χ3n) is 3.49. The molecule has 0 saturated heterocycles. The smallest absolute Gasteiger partial charge is 0.336 e. The van der Waals surface area contributed by atoms with E-state index in [9.17, 15) is 9.90 Å². The van der Waals surface area contributed by atoms with Crippen molar-refractivity contribution in [2.24, 2.45) is 0 Å². The Kier molecular flexibility index (Phi) is 2.72. The van der Waals surface area contributed by atoms with Crippen LogP contribution >= 0.6 is 11.6 Å². The first-order chi connectivity index (χ1) is 9.09. The summed E-state index contributed by atoms with van der Waals surface area (Å²) in [7, 11) is 1.94. The number of carbonyl (C=O) groups is 1. The highest BCUT2D eigenvalue weighted by Gasteiger charge is 2.31. The minimum Gasteiger partial charge on any atom is -0.478 e. The summed E-state index contributed by atoms with van der Waals surface area (Å²) in [5.41, 5.74) is 3.69. The van der Waals surface area contributed by atoms with Crippen molar-refractivity contribution in [3.8, 4) is 0 Å². The Hall–Kier alpha value is -2.00. The van der Waals surface area contributed by atoms with Crippen molar-refractivity contribution in [2.75, 3.05) is 11.9 Å². The highest BCUT2D eigenvalue weighted by molar-refractivity contribution is 6.30. The standard InChI is InChI=1S/C15H12ClNO2/c1-17-12-5-3-2-4-10(12)14(15(18)19)11-8-9(16)6-7-13(11)17/h2-7H,8H2,1H3,(H,18,19). The van der Waals surface area contributed by atoms with Crippen LogP contribution in [-0.4, -0.2) is 18.1 Å². The molecule has 0 saturated carbocycles. The van der Waals surface area contributed by atoms with Gasteiger partial charge in [-0.05, 0) is 23.8 Å². The molecule has 0 atom stereocenters. The maximum Gasteiger partial charge on any atom is 0.336 e.